The summed E-state index contributed by atoms with van der Waals surface area (Å²) in [5.41, 5.74) is 2.33. The van der Waals surface area contributed by atoms with Crippen molar-refractivity contribution in [1.29, 1.82) is 0 Å². The summed E-state index contributed by atoms with van der Waals surface area (Å²) >= 11 is 2.38. The predicted octanol–water partition coefficient (Wildman–Crippen LogP) is 4.40. The van der Waals surface area contributed by atoms with Crippen molar-refractivity contribution in [3.8, 4) is 5.75 Å². The second kappa shape index (κ2) is 9.15. The van der Waals surface area contributed by atoms with Crippen LogP contribution in [-0.2, 0) is 17.8 Å². The number of nitrogens with zero attached hydrogens (tertiary/aromatic N) is 2. The number of methoxy groups -OCH3 is 1. The number of benzene rings is 1. The van der Waals surface area contributed by atoms with Gasteiger partial charge in [-0.05, 0) is 38.0 Å². The molecule has 0 fully saturated rings. The second-order valence-electron chi connectivity index (χ2n) is 6.22. The lowest BCUT2D eigenvalue weighted by Crippen LogP contribution is -2.11. The van der Waals surface area contributed by atoms with E-state index in [0.717, 1.165) is 22.6 Å². The van der Waals surface area contributed by atoms with Gasteiger partial charge >= 0.3 is 5.97 Å². The molecule has 9 heteroatoms. The average molecular weight is 432 g/mol. The Kier molecular flexibility index (Phi) is 6.60. The smallest absolute Gasteiger partial charge is 0.350 e. The molecule has 1 amide bonds. The number of aryl methyl sites for hydroxylation is 3. The third kappa shape index (κ3) is 4.99. The van der Waals surface area contributed by atoms with Crippen LogP contribution < -0.4 is 10.1 Å². The van der Waals surface area contributed by atoms with Crippen LogP contribution in [0.4, 0.5) is 5.13 Å². The fourth-order valence-corrected chi connectivity index (χ4v) is 4.47. The van der Waals surface area contributed by atoms with E-state index in [1.54, 1.807) is 6.92 Å². The molecule has 0 spiro atoms. The summed E-state index contributed by atoms with van der Waals surface area (Å²) in [4.78, 5) is 34.2. The number of amides is 1. The van der Waals surface area contributed by atoms with Gasteiger partial charge in [-0.15, -0.1) is 11.3 Å². The van der Waals surface area contributed by atoms with Crippen LogP contribution in [0.3, 0.4) is 0 Å². The van der Waals surface area contributed by atoms with E-state index in [1.165, 1.54) is 18.4 Å². The standard InChI is InChI=1S/C20H21N3O4S2/c1-5-14-17(19(25)26-4)29-20(22-14)23-18(24)16-12(3)21-15(28-16)10-27-13-8-6-7-11(2)9-13/h6-9H,5,10H2,1-4H3,(H,22,23,24). The molecular formula is C20H21N3O4S2. The second-order valence-corrected chi connectivity index (χ2v) is 8.30. The zero-order valence-corrected chi connectivity index (χ0v) is 18.2. The topological polar surface area (TPSA) is 90.4 Å². The Balaban J connectivity index is 1.70. The number of thiazole rings is 2. The zero-order valence-electron chi connectivity index (χ0n) is 16.6. The average Bonchev–Trinajstić information content (AvgIpc) is 3.28. The highest BCUT2D eigenvalue weighted by molar-refractivity contribution is 7.18. The van der Waals surface area contributed by atoms with E-state index in [2.05, 4.69) is 15.3 Å². The summed E-state index contributed by atoms with van der Waals surface area (Å²) < 4.78 is 10.5. The van der Waals surface area contributed by atoms with Crippen LogP contribution in [-0.4, -0.2) is 29.0 Å². The highest BCUT2D eigenvalue weighted by Gasteiger charge is 2.21. The van der Waals surface area contributed by atoms with Crippen molar-refractivity contribution >= 4 is 39.7 Å². The molecule has 1 aromatic carbocycles. The van der Waals surface area contributed by atoms with E-state index in [9.17, 15) is 9.59 Å². The van der Waals surface area contributed by atoms with Gasteiger partial charge < -0.3 is 9.47 Å². The maximum Gasteiger partial charge on any atom is 0.350 e. The number of ether oxygens (including phenoxy) is 2. The molecule has 0 unspecified atom stereocenters. The van der Waals surface area contributed by atoms with E-state index in [1.807, 2.05) is 38.1 Å². The lowest BCUT2D eigenvalue weighted by Gasteiger charge is -2.04. The minimum absolute atomic E-state index is 0.284. The number of anilines is 1. The maximum absolute atomic E-state index is 12.7. The first kappa shape index (κ1) is 20.9. The van der Waals surface area contributed by atoms with Gasteiger partial charge in [-0.1, -0.05) is 30.4 Å². The highest BCUT2D eigenvalue weighted by Crippen LogP contribution is 2.27. The number of aromatic nitrogens is 2. The molecule has 3 aromatic rings. The van der Waals surface area contributed by atoms with Crippen LogP contribution in [0.25, 0.3) is 0 Å². The Morgan fingerprint density at radius 1 is 1.14 bits per heavy atom. The van der Waals surface area contributed by atoms with Gasteiger partial charge in [-0.3, -0.25) is 10.1 Å². The minimum Gasteiger partial charge on any atom is -0.486 e. The van der Waals surface area contributed by atoms with E-state index < -0.39 is 5.97 Å². The van der Waals surface area contributed by atoms with Gasteiger partial charge in [0.1, 0.15) is 27.1 Å². The maximum atomic E-state index is 12.7. The molecule has 152 valence electrons. The molecule has 0 aliphatic heterocycles. The van der Waals surface area contributed by atoms with Crippen molar-refractivity contribution < 1.29 is 19.1 Å². The molecule has 2 heterocycles. The molecule has 29 heavy (non-hydrogen) atoms. The SMILES string of the molecule is CCc1nc(NC(=O)c2sc(COc3cccc(C)c3)nc2C)sc1C(=O)OC. The van der Waals surface area contributed by atoms with Crippen LogP contribution in [0.1, 0.15) is 48.2 Å². The van der Waals surface area contributed by atoms with Crippen molar-refractivity contribution in [2.24, 2.45) is 0 Å². The lowest BCUT2D eigenvalue weighted by atomic mass is 10.2. The van der Waals surface area contributed by atoms with Gasteiger partial charge in [-0.25, -0.2) is 14.8 Å². The number of esters is 1. The van der Waals surface area contributed by atoms with Crippen LogP contribution in [0.2, 0.25) is 0 Å². The molecule has 2 aromatic heterocycles. The Morgan fingerprint density at radius 2 is 1.93 bits per heavy atom. The summed E-state index contributed by atoms with van der Waals surface area (Å²) in [6.45, 7) is 5.95. The van der Waals surface area contributed by atoms with E-state index >= 15 is 0 Å². The molecule has 1 N–H and O–H groups in total. The van der Waals surface area contributed by atoms with E-state index in [4.69, 9.17) is 9.47 Å². The molecule has 0 radical (unpaired) electrons. The summed E-state index contributed by atoms with van der Waals surface area (Å²) in [6, 6.07) is 7.75. The first-order valence-electron chi connectivity index (χ1n) is 8.96. The van der Waals surface area contributed by atoms with Crippen molar-refractivity contribution in [2.45, 2.75) is 33.8 Å². The van der Waals surface area contributed by atoms with Crippen LogP contribution in [0.5, 0.6) is 5.75 Å². The normalized spacial score (nSPS) is 10.6. The van der Waals surface area contributed by atoms with Gasteiger partial charge in [0.2, 0.25) is 0 Å². The number of carbonyl (C=O) groups is 2. The zero-order chi connectivity index (χ0) is 21.0. The Morgan fingerprint density at radius 3 is 2.62 bits per heavy atom. The number of hydrogen-bond acceptors (Lipinski definition) is 8. The van der Waals surface area contributed by atoms with Gasteiger partial charge in [-0.2, -0.15) is 0 Å². The van der Waals surface area contributed by atoms with Crippen LogP contribution in [0, 0.1) is 13.8 Å². The highest BCUT2D eigenvalue weighted by atomic mass is 32.1. The molecule has 7 nitrogen and oxygen atoms in total. The first-order chi connectivity index (χ1) is 13.9. The summed E-state index contributed by atoms with van der Waals surface area (Å²) in [7, 11) is 1.32. The Bertz CT molecular complexity index is 1040. The van der Waals surface area contributed by atoms with Crippen molar-refractivity contribution in [2.75, 3.05) is 12.4 Å². The van der Waals surface area contributed by atoms with Crippen molar-refractivity contribution in [1.82, 2.24) is 9.97 Å². The van der Waals surface area contributed by atoms with Crippen LogP contribution in [0.15, 0.2) is 24.3 Å². The molecule has 3 rings (SSSR count). The summed E-state index contributed by atoms with van der Waals surface area (Å²) in [5, 5.41) is 3.82. The van der Waals surface area contributed by atoms with E-state index in [-0.39, 0.29) is 12.5 Å². The lowest BCUT2D eigenvalue weighted by molar-refractivity contribution is 0.0604. The van der Waals surface area contributed by atoms with Crippen molar-refractivity contribution in [3.63, 3.8) is 0 Å². The number of rotatable bonds is 7. The third-order valence-corrected chi connectivity index (χ3v) is 6.15. The van der Waals surface area contributed by atoms with Crippen molar-refractivity contribution in [3.05, 3.63) is 56.0 Å². The van der Waals surface area contributed by atoms with E-state index in [0.29, 0.717) is 37.7 Å². The molecule has 0 atom stereocenters. The molecule has 0 aliphatic rings. The monoisotopic (exact) mass is 431 g/mol. The number of hydrogen-bond donors (Lipinski definition) is 1. The summed E-state index contributed by atoms with van der Waals surface area (Å²) in [5.74, 6) is -0.00639. The van der Waals surface area contributed by atoms with Gasteiger partial charge in [0.25, 0.3) is 5.91 Å². The molecule has 0 saturated heterocycles. The first-order valence-corrected chi connectivity index (χ1v) is 10.6. The largest absolute Gasteiger partial charge is 0.486 e. The molecular weight excluding hydrogens is 410 g/mol. The van der Waals surface area contributed by atoms with Gasteiger partial charge in [0.15, 0.2) is 5.13 Å². The third-order valence-electron chi connectivity index (χ3n) is 4.02. The molecule has 0 aliphatic carbocycles. The molecule has 0 saturated carbocycles. The molecule has 0 bridgehead atoms. The number of carbonyl (C=O) groups excluding carboxylic acids is 2. The van der Waals surface area contributed by atoms with Gasteiger partial charge in [0.05, 0.1) is 18.5 Å². The fraction of sp³-hybridized carbons (Fsp3) is 0.300. The Labute approximate surface area is 176 Å². The Hall–Kier alpha value is -2.78. The van der Waals surface area contributed by atoms with Crippen LogP contribution >= 0.6 is 22.7 Å². The predicted molar refractivity (Wildman–Crippen MR) is 113 cm³/mol. The fourth-order valence-electron chi connectivity index (χ4n) is 2.63. The summed E-state index contributed by atoms with van der Waals surface area (Å²) in [6.07, 6.45) is 0.566. The minimum atomic E-state index is -0.454. The number of nitrogens with one attached hydrogen (secondary N) is 1. The van der Waals surface area contributed by atoms with Gasteiger partial charge in [0, 0.05) is 0 Å². The quantitative estimate of drug-likeness (QED) is 0.558.